The number of ether oxygens (including phenoxy) is 3. The van der Waals surface area contributed by atoms with E-state index in [1.54, 1.807) is 0 Å². The van der Waals surface area contributed by atoms with Gasteiger partial charge in [-0.3, -0.25) is 4.79 Å². The zero-order valence-corrected chi connectivity index (χ0v) is 14.7. The summed E-state index contributed by atoms with van der Waals surface area (Å²) in [4.78, 5) is 11.9. The number of nitrogens with one attached hydrogen (secondary N) is 1. The molecule has 126 valence electrons. The van der Waals surface area contributed by atoms with Gasteiger partial charge < -0.3 is 19.5 Å². The first-order valence-corrected chi connectivity index (χ1v) is 8.53. The third-order valence-corrected chi connectivity index (χ3v) is 4.06. The molecule has 0 unspecified atom stereocenters. The normalized spacial score (nSPS) is 12.0. The lowest BCUT2D eigenvalue weighted by atomic mass is 10.1. The summed E-state index contributed by atoms with van der Waals surface area (Å²) in [5.41, 5.74) is 1.06. The molecule has 1 amide bonds. The van der Waals surface area contributed by atoms with Crippen LogP contribution in [0.25, 0.3) is 0 Å². The van der Waals surface area contributed by atoms with E-state index < -0.39 is 0 Å². The third-order valence-electron chi connectivity index (χ3n) is 3.57. The summed E-state index contributed by atoms with van der Waals surface area (Å²) in [6, 6.07) is 13.4. The largest absolute Gasteiger partial charge is 0.492 e. The maximum Gasteiger partial charge on any atom is 0.231 e. The molecule has 1 N–H and O–H groups in total. The summed E-state index contributed by atoms with van der Waals surface area (Å²) < 4.78 is 17.1. The number of rotatable bonds is 7. The Morgan fingerprint density at radius 2 is 2.04 bits per heavy atom. The smallest absolute Gasteiger partial charge is 0.231 e. The Balaban J connectivity index is 1.35. The molecule has 1 aliphatic heterocycles. The van der Waals surface area contributed by atoms with Gasteiger partial charge in [-0.15, -0.1) is 0 Å². The van der Waals surface area contributed by atoms with Gasteiger partial charge in [-0.2, -0.15) is 0 Å². The summed E-state index contributed by atoms with van der Waals surface area (Å²) in [6.45, 7) is 1.18. The summed E-state index contributed by atoms with van der Waals surface area (Å²) in [5, 5.41) is 2.86. The first kappa shape index (κ1) is 16.6. The lowest BCUT2D eigenvalue weighted by Crippen LogP contribution is -2.28. The number of carbonyl (C=O) groups excluding carboxylic acids is 1. The molecule has 1 heterocycles. The molecule has 6 heteroatoms. The van der Waals surface area contributed by atoms with Crippen molar-refractivity contribution in [2.24, 2.45) is 0 Å². The molecule has 0 saturated carbocycles. The van der Waals surface area contributed by atoms with Crippen LogP contribution in [0, 0.1) is 0 Å². The van der Waals surface area contributed by atoms with Gasteiger partial charge in [0.15, 0.2) is 11.5 Å². The van der Waals surface area contributed by atoms with Crippen molar-refractivity contribution in [3.05, 3.63) is 52.5 Å². The molecule has 3 rings (SSSR count). The van der Waals surface area contributed by atoms with Gasteiger partial charge in [0.2, 0.25) is 12.7 Å². The second-order valence-electron chi connectivity index (χ2n) is 5.34. The molecule has 0 aliphatic carbocycles. The molecule has 1 aliphatic rings. The van der Waals surface area contributed by atoms with Gasteiger partial charge in [0, 0.05) is 10.9 Å². The van der Waals surface area contributed by atoms with E-state index in [1.165, 1.54) is 0 Å². The SMILES string of the molecule is O=C(CCc1ccc2c(c1)OCO2)NCCOc1cccc(Br)c1. The van der Waals surface area contributed by atoms with Crippen molar-refractivity contribution >= 4 is 21.8 Å². The molecule has 0 bridgehead atoms. The van der Waals surface area contributed by atoms with Crippen molar-refractivity contribution in [2.45, 2.75) is 12.8 Å². The van der Waals surface area contributed by atoms with Crippen molar-refractivity contribution in [3.63, 3.8) is 0 Å². The van der Waals surface area contributed by atoms with E-state index in [2.05, 4.69) is 21.2 Å². The summed E-state index contributed by atoms with van der Waals surface area (Å²) in [6.07, 6.45) is 1.09. The highest BCUT2D eigenvalue weighted by atomic mass is 79.9. The minimum atomic E-state index is 0.00510. The zero-order chi connectivity index (χ0) is 16.8. The fraction of sp³-hybridized carbons (Fsp3) is 0.278. The standard InChI is InChI=1S/C18H18BrNO4/c19-14-2-1-3-15(11-14)22-9-8-20-18(21)7-5-13-4-6-16-17(10-13)24-12-23-16/h1-4,6,10-11H,5,7-9,12H2,(H,20,21). The lowest BCUT2D eigenvalue weighted by molar-refractivity contribution is -0.121. The summed E-state index contributed by atoms with van der Waals surface area (Å²) in [5.74, 6) is 2.28. The number of amides is 1. The number of aryl methyl sites for hydroxylation is 1. The number of fused-ring (bicyclic) bond motifs is 1. The van der Waals surface area contributed by atoms with Gasteiger partial charge in [-0.1, -0.05) is 28.1 Å². The molecular formula is C18H18BrNO4. The number of hydrogen-bond acceptors (Lipinski definition) is 4. The van der Waals surface area contributed by atoms with Crippen LogP contribution in [0.1, 0.15) is 12.0 Å². The topological polar surface area (TPSA) is 56.8 Å². The van der Waals surface area contributed by atoms with Crippen molar-refractivity contribution in [1.29, 1.82) is 0 Å². The average molecular weight is 392 g/mol. The minimum Gasteiger partial charge on any atom is -0.492 e. The molecule has 2 aromatic rings. The Bertz CT molecular complexity index is 720. The molecule has 2 aromatic carbocycles. The average Bonchev–Trinajstić information content (AvgIpc) is 3.05. The van der Waals surface area contributed by atoms with Crippen molar-refractivity contribution in [3.8, 4) is 17.2 Å². The quantitative estimate of drug-likeness (QED) is 0.735. The predicted molar refractivity (Wildman–Crippen MR) is 93.5 cm³/mol. The maximum absolute atomic E-state index is 11.9. The molecule has 0 atom stereocenters. The first-order chi connectivity index (χ1) is 11.7. The predicted octanol–water partition coefficient (Wildman–Crippen LogP) is 3.31. The fourth-order valence-electron chi connectivity index (χ4n) is 2.36. The Hall–Kier alpha value is -2.21. The van der Waals surface area contributed by atoms with E-state index in [0.717, 1.165) is 27.3 Å². The van der Waals surface area contributed by atoms with Crippen LogP contribution in [0.4, 0.5) is 0 Å². The van der Waals surface area contributed by atoms with Gasteiger partial charge in [0.05, 0.1) is 6.54 Å². The lowest BCUT2D eigenvalue weighted by Gasteiger charge is -2.08. The van der Waals surface area contributed by atoms with E-state index in [1.807, 2.05) is 42.5 Å². The van der Waals surface area contributed by atoms with Crippen LogP contribution in [-0.4, -0.2) is 25.9 Å². The molecule has 0 spiro atoms. The molecule has 5 nitrogen and oxygen atoms in total. The maximum atomic E-state index is 11.9. The Morgan fingerprint density at radius 1 is 1.17 bits per heavy atom. The van der Waals surface area contributed by atoms with Gasteiger partial charge in [0.1, 0.15) is 12.4 Å². The summed E-state index contributed by atoms with van der Waals surface area (Å²) >= 11 is 3.39. The molecule has 0 fully saturated rings. The number of carbonyl (C=O) groups is 1. The number of benzene rings is 2. The van der Waals surface area contributed by atoms with Crippen molar-refractivity contribution in [2.75, 3.05) is 19.9 Å². The van der Waals surface area contributed by atoms with E-state index in [0.29, 0.717) is 26.0 Å². The zero-order valence-electron chi connectivity index (χ0n) is 13.1. The van der Waals surface area contributed by atoms with Gasteiger partial charge >= 0.3 is 0 Å². The van der Waals surface area contributed by atoms with Crippen molar-refractivity contribution in [1.82, 2.24) is 5.32 Å². The number of hydrogen-bond donors (Lipinski definition) is 1. The Kier molecular flexibility index (Phi) is 5.59. The van der Waals surface area contributed by atoms with Crippen LogP contribution in [0.2, 0.25) is 0 Å². The summed E-state index contributed by atoms with van der Waals surface area (Å²) in [7, 11) is 0. The second-order valence-corrected chi connectivity index (χ2v) is 6.26. The minimum absolute atomic E-state index is 0.00510. The Morgan fingerprint density at radius 3 is 2.92 bits per heavy atom. The van der Waals surface area contributed by atoms with Gasteiger partial charge in [0.25, 0.3) is 0 Å². The van der Waals surface area contributed by atoms with Crippen molar-refractivity contribution < 1.29 is 19.0 Å². The van der Waals surface area contributed by atoms with E-state index in [4.69, 9.17) is 14.2 Å². The monoisotopic (exact) mass is 391 g/mol. The van der Waals surface area contributed by atoms with Crippen LogP contribution in [-0.2, 0) is 11.2 Å². The highest BCUT2D eigenvalue weighted by Crippen LogP contribution is 2.32. The van der Waals surface area contributed by atoms with E-state index >= 15 is 0 Å². The fourth-order valence-corrected chi connectivity index (χ4v) is 2.74. The van der Waals surface area contributed by atoms with Crippen LogP contribution >= 0.6 is 15.9 Å². The molecule has 24 heavy (non-hydrogen) atoms. The number of halogens is 1. The first-order valence-electron chi connectivity index (χ1n) is 7.74. The highest BCUT2D eigenvalue weighted by molar-refractivity contribution is 9.10. The van der Waals surface area contributed by atoms with Crippen LogP contribution in [0.5, 0.6) is 17.2 Å². The highest BCUT2D eigenvalue weighted by Gasteiger charge is 2.13. The molecule has 0 saturated heterocycles. The van der Waals surface area contributed by atoms with Crippen LogP contribution < -0.4 is 19.5 Å². The second kappa shape index (κ2) is 8.06. The van der Waals surface area contributed by atoms with E-state index in [9.17, 15) is 4.79 Å². The third kappa shape index (κ3) is 4.64. The van der Waals surface area contributed by atoms with Gasteiger partial charge in [-0.25, -0.2) is 0 Å². The van der Waals surface area contributed by atoms with E-state index in [-0.39, 0.29) is 12.7 Å². The molecule has 0 aromatic heterocycles. The molecule has 0 radical (unpaired) electrons. The van der Waals surface area contributed by atoms with Crippen LogP contribution in [0.3, 0.4) is 0 Å². The van der Waals surface area contributed by atoms with Crippen LogP contribution in [0.15, 0.2) is 46.9 Å². The van der Waals surface area contributed by atoms with Gasteiger partial charge in [-0.05, 0) is 42.3 Å². The molecular weight excluding hydrogens is 374 g/mol. The Labute approximate surface area is 149 Å².